The van der Waals surface area contributed by atoms with Gasteiger partial charge in [0.2, 0.25) is 0 Å². The number of esters is 3. The summed E-state index contributed by atoms with van der Waals surface area (Å²) in [6.45, 7) is 6.31. The number of ether oxygens (including phenoxy) is 3. The molecule has 6 nitrogen and oxygen atoms in total. The smallest absolute Gasteiger partial charge is 0.306 e. The van der Waals surface area contributed by atoms with Crippen molar-refractivity contribution in [2.24, 2.45) is 0 Å². The monoisotopic (exact) mass is 1120 g/mol. The highest BCUT2D eigenvalue weighted by Gasteiger charge is 2.19. The molecule has 81 heavy (non-hydrogen) atoms. The van der Waals surface area contributed by atoms with Crippen LogP contribution in [-0.4, -0.2) is 37.2 Å². The largest absolute Gasteiger partial charge is 0.462 e. The summed E-state index contributed by atoms with van der Waals surface area (Å²) in [5.74, 6) is -0.928. The van der Waals surface area contributed by atoms with Crippen molar-refractivity contribution in [1.82, 2.24) is 0 Å². The highest BCUT2D eigenvalue weighted by Crippen LogP contribution is 2.15. The van der Waals surface area contributed by atoms with Gasteiger partial charge in [0.05, 0.1) is 0 Å². The van der Waals surface area contributed by atoms with Crippen molar-refractivity contribution in [3.05, 3.63) is 158 Å². The van der Waals surface area contributed by atoms with E-state index in [4.69, 9.17) is 14.2 Å². The molecule has 0 aliphatic rings. The van der Waals surface area contributed by atoms with Crippen molar-refractivity contribution in [1.29, 1.82) is 0 Å². The van der Waals surface area contributed by atoms with Gasteiger partial charge in [-0.05, 0) is 128 Å². The fourth-order valence-corrected chi connectivity index (χ4v) is 8.66. The van der Waals surface area contributed by atoms with E-state index in [0.29, 0.717) is 19.3 Å². The van der Waals surface area contributed by atoms with Crippen LogP contribution in [0.2, 0.25) is 0 Å². The van der Waals surface area contributed by atoms with Crippen molar-refractivity contribution < 1.29 is 28.6 Å². The van der Waals surface area contributed by atoms with E-state index in [9.17, 15) is 14.4 Å². The molecule has 0 amide bonds. The van der Waals surface area contributed by atoms with E-state index in [1.165, 1.54) is 64.2 Å². The third-order valence-corrected chi connectivity index (χ3v) is 13.5. The van der Waals surface area contributed by atoms with Gasteiger partial charge < -0.3 is 14.2 Å². The molecule has 0 heterocycles. The van der Waals surface area contributed by atoms with E-state index in [1.807, 2.05) is 0 Å². The van der Waals surface area contributed by atoms with Crippen LogP contribution < -0.4 is 0 Å². The standard InChI is InChI=1S/C75H120O6/c1-4-7-10-13-15-17-19-21-23-25-27-29-31-33-34-35-36-37-38-39-40-42-43-45-47-49-51-53-55-57-59-62-65-68-74(77)80-71-72(70-79-73(76)67-64-61-12-9-6-3)81-75(78)69-66-63-60-58-56-54-52-50-48-46-44-41-32-30-28-26-24-22-20-18-16-14-11-8-5-2/h7-8,10-11,15-18,21-24,27-30,33-34,36-37,39-40,43,45,49,51,72H,4-6,9,12-14,19-20,25-26,31-32,35,38,41-42,44,46-48,50,52-71H2,1-3H3/b10-7-,11-8-,17-15-,18-16-,23-21-,24-22-,29-27-,30-28-,34-33-,37-36-,40-39-,45-43-,51-49-. The van der Waals surface area contributed by atoms with Gasteiger partial charge in [-0.3, -0.25) is 14.4 Å². The molecule has 456 valence electrons. The van der Waals surface area contributed by atoms with Gasteiger partial charge in [0.25, 0.3) is 0 Å². The van der Waals surface area contributed by atoms with Crippen LogP contribution in [-0.2, 0) is 28.6 Å². The van der Waals surface area contributed by atoms with E-state index in [1.54, 1.807) is 0 Å². The molecule has 0 saturated heterocycles. The molecule has 0 aromatic heterocycles. The van der Waals surface area contributed by atoms with Gasteiger partial charge >= 0.3 is 17.9 Å². The zero-order valence-electron chi connectivity index (χ0n) is 52.2. The molecule has 0 spiro atoms. The molecule has 0 radical (unpaired) electrons. The number of hydrogen-bond donors (Lipinski definition) is 0. The average Bonchev–Trinajstić information content (AvgIpc) is 3.47. The van der Waals surface area contributed by atoms with Gasteiger partial charge in [-0.1, -0.05) is 288 Å². The van der Waals surface area contributed by atoms with Crippen LogP contribution >= 0.6 is 0 Å². The quantitative estimate of drug-likeness (QED) is 0.0261. The summed E-state index contributed by atoms with van der Waals surface area (Å²) in [5.41, 5.74) is 0. The number of rotatable bonds is 58. The van der Waals surface area contributed by atoms with E-state index in [0.717, 1.165) is 173 Å². The van der Waals surface area contributed by atoms with Gasteiger partial charge in [0, 0.05) is 19.3 Å². The van der Waals surface area contributed by atoms with Crippen LogP contribution in [0.4, 0.5) is 0 Å². The van der Waals surface area contributed by atoms with Gasteiger partial charge in [0.15, 0.2) is 6.10 Å². The lowest BCUT2D eigenvalue weighted by molar-refractivity contribution is -0.167. The molecule has 0 bridgehead atoms. The Bertz CT molecular complexity index is 1810. The lowest BCUT2D eigenvalue weighted by Gasteiger charge is -2.18. The Morgan fingerprint density at radius 2 is 0.481 bits per heavy atom. The number of unbranched alkanes of at least 4 members (excludes halogenated alkanes) is 21. The SMILES string of the molecule is CC/C=C\C/C=C\C/C=C\C/C=C\C/C=C\C/C=C\C/C=C\C/C=C\C/C=C\CCCCCCCC(=O)OCC(COC(=O)CCCCCCC)OC(=O)CCCCCCCCCCCCCC/C=C\C/C=C\C/C=C\C/C=C\CC. The minimum Gasteiger partial charge on any atom is -0.462 e. The minimum atomic E-state index is -0.791. The normalized spacial score (nSPS) is 13.2. The summed E-state index contributed by atoms with van der Waals surface area (Å²) in [7, 11) is 0. The van der Waals surface area contributed by atoms with Crippen LogP contribution in [0.1, 0.15) is 278 Å². The van der Waals surface area contributed by atoms with Crippen LogP contribution in [0.5, 0.6) is 0 Å². The summed E-state index contributed by atoms with van der Waals surface area (Å²) in [6.07, 6.45) is 98.7. The second-order valence-electron chi connectivity index (χ2n) is 21.3. The van der Waals surface area contributed by atoms with E-state index in [2.05, 4.69) is 179 Å². The first kappa shape index (κ1) is 76.0. The van der Waals surface area contributed by atoms with Crippen LogP contribution in [0.15, 0.2) is 158 Å². The molecular formula is C75H120O6. The van der Waals surface area contributed by atoms with E-state index >= 15 is 0 Å². The van der Waals surface area contributed by atoms with Crippen molar-refractivity contribution in [3.63, 3.8) is 0 Å². The molecule has 0 N–H and O–H groups in total. The molecule has 0 rings (SSSR count). The zero-order valence-corrected chi connectivity index (χ0v) is 52.2. The Balaban J connectivity index is 4.12. The Morgan fingerprint density at radius 1 is 0.259 bits per heavy atom. The molecule has 0 aromatic rings. The maximum atomic E-state index is 12.8. The van der Waals surface area contributed by atoms with Crippen LogP contribution in [0, 0.1) is 0 Å². The Morgan fingerprint density at radius 3 is 0.753 bits per heavy atom. The van der Waals surface area contributed by atoms with E-state index < -0.39 is 6.10 Å². The summed E-state index contributed by atoms with van der Waals surface area (Å²) in [6, 6.07) is 0. The topological polar surface area (TPSA) is 78.9 Å². The fraction of sp³-hybridized carbons (Fsp3) is 0.613. The molecular weight excluding hydrogens is 997 g/mol. The molecule has 0 saturated carbocycles. The first-order valence-corrected chi connectivity index (χ1v) is 33.0. The maximum absolute atomic E-state index is 12.8. The third kappa shape index (κ3) is 65.7. The van der Waals surface area contributed by atoms with Gasteiger partial charge in [-0.25, -0.2) is 0 Å². The second-order valence-corrected chi connectivity index (χ2v) is 21.3. The summed E-state index contributed by atoms with van der Waals surface area (Å²) >= 11 is 0. The molecule has 6 heteroatoms. The van der Waals surface area contributed by atoms with Crippen molar-refractivity contribution in [3.8, 4) is 0 Å². The Hall–Kier alpha value is -4.97. The molecule has 0 aliphatic carbocycles. The number of carbonyl (C=O) groups is 3. The predicted molar refractivity (Wildman–Crippen MR) is 352 cm³/mol. The zero-order chi connectivity index (χ0) is 58.5. The summed E-state index contributed by atoms with van der Waals surface area (Å²) in [5, 5.41) is 0. The van der Waals surface area contributed by atoms with Crippen molar-refractivity contribution in [2.75, 3.05) is 13.2 Å². The van der Waals surface area contributed by atoms with E-state index in [-0.39, 0.29) is 31.1 Å². The first-order chi connectivity index (χ1) is 40.0. The molecule has 1 unspecified atom stereocenters. The lowest BCUT2D eigenvalue weighted by Crippen LogP contribution is -2.30. The van der Waals surface area contributed by atoms with Crippen molar-refractivity contribution in [2.45, 2.75) is 284 Å². The maximum Gasteiger partial charge on any atom is 0.306 e. The molecule has 0 aliphatic heterocycles. The predicted octanol–water partition coefficient (Wildman–Crippen LogP) is 22.9. The molecule has 0 fully saturated rings. The van der Waals surface area contributed by atoms with Crippen molar-refractivity contribution >= 4 is 17.9 Å². The van der Waals surface area contributed by atoms with Crippen LogP contribution in [0.25, 0.3) is 0 Å². The number of hydrogen-bond acceptors (Lipinski definition) is 6. The molecule has 0 aromatic carbocycles. The van der Waals surface area contributed by atoms with Gasteiger partial charge in [-0.15, -0.1) is 0 Å². The van der Waals surface area contributed by atoms with Gasteiger partial charge in [0.1, 0.15) is 13.2 Å². The molecule has 1 atom stereocenters. The third-order valence-electron chi connectivity index (χ3n) is 13.5. The first-order valence-electron chi connectivity index (χ1n) is 33.0. The second kappa shape index (κ2) is 67.5. The Kier molecular flexibility index (Phi) is 63.4. The number of carbonyl (C=O) groups excluding carboxylic acids is 3. The highest BCUT2D eigenvalue weighted by molar-refractivity contribution is 5.71. The fourth-order valence-electron chi connectivity index (χ4n) is 8.66. The summed E-state index contributed by atoms with van der Waals surface area (Å²) < 4.78 is 16.8. The Labute approximate surface area is 499 Å². The van der Waals surface area contributed by atoms with Crippen LogP contribution in [0.3, 0.4) is 0 Å². The summed E-state index contributed by atoms with van der Waals surface area (Å²) in [4.78, 5) is 38.0. The average molecular weight is 1120 g/mol. The highest BCUT2D eigenvalue weighted by atomic mass is 16.6. The number of allylic oxidation sites excluding steroid dienone is 26. The van der Waals surface area contributed by atoms with Gasteiger partial charge in [-0.2, -0.15) is 0 Å². The lowest BCUT2D eigenvalue weighted by atomic mass is 10.0. The minimum absolute atomic E-state index is 0.0900.